The minimum Gasteiger partial charge on any atom is -0.378 e. The first-order valence-electron chi connectivity index (χ1n) is 11.0. The molecule has 4 rings (SSSR count). The maximum absolute atomic E-state index is 13.2. The number of morpholine rings is 1. The molecule has 1 N–H and O–H groups in total. The van der Waals surface area contributed by atoms with Gasteiger partial charge in [0.05, 0.1) is 29.5 Å². The van der Waals surface area contributed by atoms with Gasteiger partial charge in [0.25, 0.3) is 0 Å². The van der Waals surface area contributed by atoms with Crippen LogP contribution >= 0.6 is 0 Å². The van der Waals surface area contributed by atoms with Crippen molar-refractivity contribution in [3.63, 3.8) is 0 Å². The average molecular weight is 434 g/mol. The molecule has 1 amide bonds. The molecule has 2 fully saturated rings. The van der Waals surface area contributed by atoms with E-state index >= 15 is 0 Å². The number of hydrogen-bond donors (Lipinski definition) is 1. The van der Waals surface area contributed by atoms with E-state index in [2.05, 4.69) is 16.3 Å². The highest BCUT2D eigenvalue weighted by atomic mass is 32.2. The first-order chi connectivity index (χ1) is 14.6. The van der Waals surface area contributed by atoms with Crippen LogP contribution in [-0.2, 0) is 19.6 Å². The van der Waals surface area contributed by atoms with E-state index in [0.717, 1.165) is 44.2 Å². The van der Waals surface area contributed by atoms with Gasteiger partial charge in [0.1, 0.15) is 0 Å². The Hall–Kier alpha value is -1.90. The molecule has 0 spiro atoms. The van der Waals surface area contributed by atoms with Crippen molar-refractivity contribution in [1.29, 1.82) is 0 Å². The van der Waals surface area contributed by atoms with Crippen LogP contribution in [0.15, 0.2) is 35.2 Å². The van der Waals surface area contributed by atoms with E-state index in [0.29, 0.717) is 45.1 Å². The molecular formula is C22H31N3O4S. The lowest BCUT2D eigenvalue weighted by Gasteiger charge is -2.32. The molecule has 0 aromatic heterocycles. The third kappa shape index (κ3) is 4.71. The summed E-state index contributed by atoms with van der Waals surface area (Å²) >= 11 is 0. The molecule has 30 heavy (non-hydrogen) atoms. The zero-order chi connectivity index (χ0) is 21.0. The van der Waals surface area contributed by atoms with Crippen LogP contribution in [0, 0.1) is 5.92 Å². The van der Waals surface area contributed by atoms with E-state index in [4.69, 9.17) is 4.74 Å². The zero-order valence-corrected chi connectivity index (χ0v) is 18.2. The highest BCUT2D eigenvalue weighted by molar-refractivity contribution is 7.89. The first-order valence-corrected chi connectivity index (χ1v) is 12.4. The Morgan fingerprint density at radius 1 is 1.03 bits per heavy atom. The van der Waals surface area contributed by atoms with Crippen LogP contribution < -0.4 is 10.2 Å². The van der Waals surface area contributed by atoms with Gasteiger partial charge in [-0.1, -0.05) is 18.6 Å². The Balaban J connectivity index is 1.63. The number of ether oxygens (including phenoxy) is 1. The predicted molar refractivity (Wildman–Crippen MR) is 117 cm³/mol. The van der Waals surface area contributed by atoms with Gasteiger partial charge in [0, 0.05) is 32.1 Å². The number of nitrogens with zero attached hydrogens (tertiary/aromatic N) is 2. The van der Waals surface area contributed by atoms with Crippen LogP contribution in [0.1, 0.15) is 38.5 Å². The molecule has 3 aliphatic rings. The highest BCUT2D eigenvalue weighted by Gasteiger charge is 2.28. The maximum atomic E-state index is 13.2. The molecule has 1 aromatic rings. The fourth-order valence-electron chi connectivity index (χ4n) is 4.38. The van der Waals surface area contributed by atoms with Crippen molar-refractivity contribution < 1.29 is 17.9 Å². The fraction of sp³-hybridized carbons (Fsp3) is 0.591. The average Bonchev–Trinajstić information content (AvgIpc) is 2.81. The minimum absolute atomic E-state index is 0.0404. The largest absolute Gasteiger partial charge is 0.378 e. The molecule has 1 aliphatic carbocycles. The van der Waals surface area contributed by atoms with Gasteiger partial charge in [-0.2, -0.15) is 4.31 Å². The van der Waals surface area contributed by atoms with E-state index in [1.54, 1.807) is 16.4 Å². The predicted octanol–water partition coefficient (Wildman–Crippen LogP) is 2.99. The lowest BCUT2D eigenvalue weighted by atomic mass is 9.93. The lowest BCUT2D eigenvalue weighted by molar-refractivity contribution is -0.120. The van der Waals surface area contributed by atoms with Gasteiger partial charge >= 0.3 is 0 Å². The van der Waals surface area contributed by atoms with Crippen LogP contribution in [0.5, 0.6) is 0 Å². The number of benzene rings is 1. The summed E-state index contributed by atoms with van der Waals surface area (Å²) in [6.45, 7) is 3.79. The summed E-state index contributed by atoms with van der Waals surface area (Å²) in [6.07, 6.45) is 9.46. The normalized spacial score (nSPS) is 23.3. The molecule has 2 saturated heterocycles. The van der Waals surface area contributed by atoms with Crippen LogP contribution in [0.2, 0.25) is 0 Å². The zero-order valence-electron chi connectivity index (χ0n) is 17.4. The van der Waals surface area contributed by atoms with Crippen LogP contribution in [-0.4, -0.2) is 58.0 Å². The van der Waals surface area contributed by atoms with E-state index in [9.17, 15) is 13.2 Å². The van der Waals surface area contributed by atoms with E-state index in [1.165, 1.54) is 0 Å². The number of allylic oxidation sites excluding steroid dienone is 2. The van der Waals surface area contributed by atoms with E-state index < -0.39 is 10.0 Å². The molecule has 0 radical (unpaired) electrons. The molecular weight excluding hydrogens is 402 g/mol. The van der Waals surface area contributed by atoms with Gasteiger partial charge in [0.15, 0.2) is 0 Å². The quantitative estimate of drug-likeness (QED) is 0.722. The second kappa shape index (κ2) is 9.49. The van der Waals surface area contributed by atoms with E-state index in [1.807, 2.05) is 12.1 Å². The van der Waals surface area contributed by atoms with Crippen molar-refractivity contribution in [1.82, 2.24) is 4.31 Å². The molecule has 1 atom stereocenters. The third-order valence-electron chi connectivity index (χ3n) is 6.17. The number of rotatable bonds is 5. The van der Waals surface area contributed by atoms with Crippen molar-refractivity contribution in [2.75, 3.05) is 49.6 Å². The Kier molecular flexibility index (Phi) is 6.75. The monoisotopic (exact) mass is 433 g/mol. The van der Waals surface area contributed by atoms with Crippen LogP contribution in [0.3, 0.4) is 0 Å². The topological polar surface area (TPSA) is 79.0 Å². The molecule has 8 heteroatoms. The summed E-state index contributed by atoms with van der Waals surface area (Å²) in [6, 6.07) is 5.15. The van der Waals surface area contributed by atoms with Crippen molar-refractivity contribution in [3.8, 4) is 0 Å². The summed E-state index contributed by atoms with van der Waals surface area (Å²) in [5, 5.41) is 3.05. The number of hydrogen-bond acceptors (Lipinski definition) is 5. The molecule has 0 bridgehead atoms. The number of anilines is 2. The summed E-state index contributed by atoms with van der Waals surface area (Å²) < 4.78 is 33.4. The Labute approximate surface area is 179 Å². The third-order valence-corrected chi connectivity index (χ3v) is 8.06. The molecule has 0 saturated carbocycles. The molecule has 0 unspecified atom stereocenters. The SMILES string of the molecule is O=C(Nc1cc(S(=O)(=O)N2CCCCC2)ccc1N1CCOCC1)[C@H]1CC=CCC1. The second-order valence-corrected chi connectivity index (χ2v) is 10.2. The number of carbonyl (C=O) groups is 1. The van der Waals surface area contributed by atoms with Gasteiger partial charge in [-0.05, 0) is 50.3 Å². The van der Waals surface area contributed by atoms with Crippen LogP contribution in [0.4, 0.5) is 11.4 Å². The number of nitrogens with one attached hydrogen (secondary N) is 1. The van der Waals surface area contributed by atoms with Gasteiger partial charge in [-0.15, -0.1) is 0 Å². The summed E-state index contributed by atoms with van der Waals surface area (Å²) in [7, 11) is -3.57. The first kappa shape index (κ1) is 21.3. The Morgan fingerprint density at radius 2 is 1.80 bits per heavy atom. The number of sulfonamides is 1. The Morgan fingerprint density at radius 3 is 2.50 bits per heavy atom. The molecule has 164 valence electrons. The summed E-state index contributed by atoms with van der Waals surface area (Å²) in [4.78, 5) is 15.3. The fourth-order valence-corrected chi connectivity index (χ4v) is 5.92. The van der Waals surface area contributed by atoms with Crippen molar-refractivity contribution in [3.05, 3.63) is 30.4 Å². The minimum atomic E-state index is -3.57. The van der Waals surface area contributed by atoms with Gasteiger partial charge < -0.3 is 15.0 Å². The van der Waals surface area contributed by atoms with Gasteiger partial charge in [-0.3, -0.25) is 4.79 Å². The maximum Gasteiger partial charge on any atom is 0.243 e. The van der Waals surface area contributed by atoms with Gasteiger partial charge in [0.2, 0.25) is 15.9 Å². The van der Waals surface area contributed by atoms with Gasteiger partial charge in [-0.25, -0.2) is 8.42 Å². The van der Waals surface area contributed by atoms with Crippen molar-refractivity contribution in [2.24, 2.45) is 5.92 Å². The Bertz CT molecular complexity index is 888. The number of piperidine rings is 1. The standard InChI is InChI=1S/C22H31N3O4S/c26-22(18-7-3-1-4-8-18)23-20-17-19(30(27,28)25-11-5-2-6-12-25)9-10-21(20)24-13-15-29-16-14-24/h1,3,9-10,17-18H,2,4-8,11-16H2,(H,23,26)/t18-/m0/s1. The number of carbonyl (C=O) groups excluding carboxylic acids is 1. The van der Waals surface area contributed by atoms with Crippen molar-refractivity contribution in [2.45, 2.75) is 43.4 Å². The number of amides is 1. The molecule has 7 nitrogen and oxygen atoms in total. The van der Waals surface area contributed by atoms with Crippen molar-refractivity contribution >= 4 is 27.3 Å². The summed E-state index contributed by atoms with van der Waals surface area (Å²) in [5.41, 5.74) is 1.44. The van der Waals surface area contributed by atoms with E-state index in [-0.39, 0.29) is 16.7 Å². The molecule has 2 heterocycles. The molecule has 2 aliphatic heterocycles. The van der Waals surface area contributed by atoms with Crippen LogP contribution in [0.25, 0.3) is 0 Å². The summed E-state index contributed by atoms with van der Waals surface area (Å²) in [5.74, 6) is -0.115. The molecule has 1 aromatic carbocycles. The second-order valence-electron chi connectivity index (χ2n) is 8.21. The lowest BCUT2D eigenvalue weighted by Crippen LogP contribution is -2.37. The smallest absolute Gasteiger partial charge is 0.243 e. The highest BCUT2D eigenvalue weighted by Crippen LogP contribution is 2.32.